The highest BCUT2D eigenvalue weighted by Gasteiger charge is 2.07. The van der Waals surface area contributed by atoms with Crippen molar-refractivity contribution in [3.63, 3.8) is 0 Å². The first-order chi connectivity index (χ1) is 11.6. The first-order valence-corrected chi connectivity index (χ1v) is 7.83. The van der Waals surface area contributed by atoms with Crippen molar-refractivity contribution in [2.24, 2.45) is 0 Å². The van der Waals surface area contributed by atoms with E-state index in [0.29, 0.717) is 30.5 Å². The number of nitrogens with one attached hydrogen (secondary N) is 1. The Hall–Kier alpha value is -3.02. The van der Waals surface area contributed by atoms with E-state index in [2.05, 4.69) is 15.5 Å². The lowest BCUT2D eigenvalue weighted by molar-refractivity contribution is -0.116. The maximum absolute atomic E-state index is 12.0. The number of aromatic nitrogens is 3. The number of nitrogens with zero attached hydrogens (tertiary/aromatic N) is 3. The number of anilines is 1. The fourth-order valence-electron chi connectivity index (χ4n) is 2.48. The number of hydrogen-bond acceptors (Lipinski definition) is 4. The molecule has 24 heavy (non-hydrogen) atoms. The number of ketones is 1. The zero-order chi connectivity index (χ0) is 16.9. The maximum atomic E-state index is 12.0. The number of fused-ring (bicyclic) bond motifs is 1. The molecule has 0 saturated heterocycles. The van der Waals surface area contributed by atoms with Crippen LogP contribution in [0.25, 0.3) is 5.65 Å². The van der Waals surface area contributed by atoms with Gasteiger partial charge in [0.25, 0.3) is 0 Å². The van der Waals surface area contributed by atoms with Crippen molar-refractivity contribution < 1.29 is 9.59 Å². The topological polar surface area (TPSA) is 76.4 Å². The third kappa shape index (κ3) is 3.65. The van der Waals surface area contributed by atoms with Gasteiger partial charge in [-0.3, -0.25) is 14.0 Å². The molecule has 122 valence electrons. The summed E-state index contributed by atoms with van der Waals surface area (Å²) in [6, 6.07) is 12.6. The zero-order valence-electron chi connectivity index (χ0n) is 13.4. The molecule has 1 N–H and O–H groups in total. The third-order valence-corrected chi connectivity index (χ3v) is 3.76. The molecule has 1 amide bonds. The monoisotopic (exact) mass is 322 g/mol. The lowest BCUT2D eigenvalue weighted by Crippen LogP contribution is -2.12. The van der Waals surface area contributed by atoms with E-state index >= 15 is 0 Å². The van der Waals surface area contributed by atoms with E-state index in [4.69, 9.17) is 0 Å². The van der Waals surface area contributed by atoms with Crippen molar-refractivity contribution in [1.82, 2.24) is 14.6 Å². The summed E-state index contributed by atoms with van der Waals surface area (Å²) in [5.41, 5.74) is 2.13. The van der Waals surface area contributed by atoms with Crippen molar-refractivity contribution in [2.45, 2.75) is 26.2 Å². The number of aryl methyl sites for hydroxylation is 1. The van der Waals surface area contributed by atoms with Gasteiger partial charge in [0.1, 0.15) is 5.82 Å². The van der Waals surface area contributed by atoms with E-state index in [9.17, 15) is 9.59 Å². The number of amides is 1. The average molecular weight is 322 g/mol. The summed E-state index contributed by atoms with van der Waals surface area (Å²) in [6.07, 6.45) is 3.69. The van der Waals surface area contributed by atoms with Crippen molar-refractivity contribution in [2.75, 3.05) is 5.32 Å². The number of carbonyl (C=O) groups excluding carboxylic acids is 2. The number of rotatable bonds is 6. The van der Waals surface area contributed by atoms with Crippen LogP contribution in [-0.2, 0) is 11.2 Å². The van der Waals surface area contributed by atoms with Gasteiger partial charge in [0.2, 0.25) is 5.91 Å². The van der Waals surface area contributed by atoms with Crippen LogP contribution in [0.2, 0.25) is 0 Å². The molecule has 6 nitrogen and oxygen atoms in total. The van der Waals surface area contributed by atoms with Gasteiger partial charge in [0, 0.05) is 30.3 Å². The van der Waals surface area contributed by atoms with Gasteiger partial charge in [0.15, 0.2) is 11.4 Å². The fourth-order valence-corrected chi connectivity index (χ4v) is 2.48. The second-order valence-electron chi connectivity index (χ2n) is 5.58. The number of benzene rings is 1. The summed E-state index contributed by atoms with van der Waals surface area (Å²) in [7, 11) is 0. The van der Waals surface area contributed by atoms with Gasteiger partial charge in [0.05, 0.1) is 0 Å². The Morgan fingerprint density at radius 1 is 1.08 bits per heavy atom. The highest BCUT2D eigenvalue weighted by Crippen LogP contribution is 2.11. The summed E-state index contributed by atoms with van der Waals surface area (Å²) >= 11 is 0. The van der Waals surface area contributed by atoms with Gasteiger partial charge in [-0.2, -0.15) is 0 Å². The van der Waals surface area contributed by atoms with Crippen molar-refractivity contribution in [1.29, 1.82) is 0 Å². The molecule has 0 fully saturated rings. The van der Waals surface area contributed by atoms with Gasteiger partial charge >= 0.3 is 0 Å². The first kappa shape index (κ1) is 15.9. The van der Waals surface area contributed by atoms with Gasteiger partial charge in [-0.15, -0.1) is 10.2 Å². The number of hydrogen-bond donors (Lipinski definition) is 1. The Bertz CT molecular complexity index is 868. The molecule has 0 spiro atoms. The molecule has 0 radical (unpaired) electrons. The van der Waals surface area contributed by atoms with Crippen LogP contribution < -0.4 is 5.32 Å². The molecule has 0 aliphatic carbocycles. The van der Waals surface area contributed by atoms with Crippen LogP contribution in [0.4, 0.5) is 5.69 Å². The van der Waals surface area contributed by atoms with E-state index in [-0.39, 0.29) is 11.7 Å². The number of carbonyl (C=O) groups is 2. The molecule has 0 atom stereocenters. The summed E-state index contributed by atoms with van der Waals surface area (Å²) in [5, 5.41) is 11.1. The summed E-state index contributed by atoms with van der Waals surface area (Å²) in [4.78, 5) is 23.2. The van der Waals surface area contributed by atoms with E-state index in [0.717, 1.165) is 11.5 Å². The van der Waals surface area contributed by atoms with Crippen LogP contribution in [0.3, 0.4) is 0 Å². The summed E-state index contributed by atoms with van der Waals surface area (Å²) in [5.74, 6) is 0.803. The quantitative estimate of drug-likeness (QED) is 0.708. The van der Waals surface area contributed by atoms with Gasteiger partial charge < -0.3 is 5.32 Å². The minimum atomic E-state index is -0.0561. The van der Waals surface area contributed by atoms with Crippen molar-refractivity contribution >= 4 is 23.0 Å². The van der Waals surface area contributed by atoms with Crippen LogP contribution >= 0.6 is 0 Å². The Balaban J connectivity index is 1.51. The Morgan fingerprint density at radius 2 is 1.88 bits per heavy atom. The van der Waals surface area contributed by atoms with Crippen LogP contribution in [0.15, 0.2) is 48.7 Å². The molecule has 0 aliphatic heterocycles. The molecule has 0 saturated carbocycles. The molecule has 2 aromatic heterocycles. The Morgan fingerprint density at radius 3 is 2.62 bits per heavy atom. The van der Waals surface area contributed by atoms with Gasteiger partial charge in [-0.25, -0.2) is 0 Å². The van der Waals surface area contributed by atoms with E-state index in [1.807, 2.05) is 28.8 Å². The molecule has 3 rings (SSSR count). The molecule has 0 unspecified atom stereocenters. The van der Waals surface area contributed by atoms with Crippen molar-refractivity contribution in [3.05, 3.63) is 60.0 Å². The second-order valence-corrected chi connectivity index (χ2v) is 5.58. The van der Waals surface area contributed by atoms with Crippen LogP contribution in [0.5, 0.6) is 0 Å². The number of pyridine rings is 1. The maximum Gasteiger partial charge on any atom is 0.224 e. The van der Waals surface area contributed by atoms with Gasteiger partial charge in [-0.1, -0.05) is 6.07 Å². The smallest absolute Gasteiger partial charge is 0.224 e. The first-order valence-electron chi connectivity index (χ1n) is 7.83. The molecule has 0 bridgehead atoms. The molecule has 0 aliphatic rings. The third-order valence-electron chi connectivity index (χ3n) is 3.76. The molecule has 1 aromatic carbocycles. The fraction of sp³-hybridized carbons (Fsp3) is 0.222. The predicted octanol–water partition coefficient (Wildman–Crippen LogP) is 2.89. The van der Waals surface area contributed by atoms with Crippen LogP contribution in [-0.4, -0.2) is 26.3 Å². The second kappa shape index (κ2) is 7.04. The molecule has 3 aromatic rings. The largest absolute Gasteiger partial charge is 0.326 e. The minimum absolute atomic E-state index is 0.00779. The Kier molecular flexibility index (Phi) is 4.65. The minimum Gasteiger partial charge on any atom is -0.326 e. The van der Waals surface area contributed by atoms with Crippen LogP contribution in [0, 0.1) is 0 Å². The van der Waals surface area contributed by atoms with Gasteiger partial charge in [-0.05, 0) is 49.7 Å². The number of Topliss-reactive ketones (excluding diaryl/α,β-unsaturated/α-hetero) is 1. The summed E-state index contributed by atoms with van der Waals surface area (Å²) in [6.45, 7) is 1.52. The highest BCUT2D eigenvalue weighted by atomic mass is 16.1. The normalized spacial score (nSPS) is 10.7. The molecule has 6 heteroatoms. The zero-order valence-corrected chi connectivity index (χ0v) is 13.4. The molecular formula is C18H18N4O2. The van der Waals surface area contributed by atoms with E-state index in [1.165, 1.54) is 6.92 Å². The summed E-state index contributed by atoms with van der Waals surface area (Å²) < 4.78 is 1.93. The Labute approximate surface area is 139 Å². The highest BCUT2D eigenvalue weighted by molar-refractivity contribution is 5.95. The lowest BCUT2D eigenvalue weighted by Gasteiger charge is -2.05. The van der Waals surface area contributed by atoms with Crippen LogP contribution in [0.1, 0.15) is 35.9 Å². The van der Waals surface area contributed by atoms with Crippen molar-refractivity contribution in [3.8, 4) is 0 Å². The van der Waals surface area contributed by atoms with E-state index < -0.39 is 0 Å². The molecule has 2 heterocycles. The standard InChI is InChI=1S/C18H18N4O2/c1-13(23)14-8-10-15(11-9-14)19-18(24)7-4-6-17-21-20-16-5-2-3-12-22(16)17/h2-3,5,8-12H,4,6-7H2,1H3,(H,19,24). The lowest BCUT2D eigenvalue weighted by atomic mass is 10.1. The van der Waals surface area contributed by atoms with E-state index in [1.54, 1.807) is 24.3 Å². The SMILES string of the molecule is CC(=O)c1ccc(NC(=O)CCCc2nnc3ccccn23)cc1. The molecular weight excluding hydrogens is 304 g/mol. The average Bonchev–Trinajstić information content (AvgIpc) is 2.99. The predicted molar refractivity (Wildman–Crippen MR) is 91.0 cm³/mol.